The van der Waals surface area contributed by atoms with Crippen LogP contribution in [0.25, 0.3) is 0 Å². The molecule has 2 fully saturated rings. The Hall–Kier alpha value is -1.15. The minimum atomic E-state index is -3.44. The number of nitrogens with zero attached hydrogens (tertiary/aromatic N) is 2. The summed E-state index contributed by atoms with van der Waals surface area (Å²) < 4.78 is 24.6. The molecule has 0 aromatic rings. The fourth-order valence-corrected chi connectivity index (χ4v) is 4.26. The maximum absolute atomic E-state index is 12.5. The minimum Gasteiger partial charge on any atom is -0.480 e. The third-order valence-electron chi connectivity index (χ3n) is 4.15. The largest absolute Gasteiger partial charge is 0.480 e. The smallest absolute Gasteiger partial charge is 0.326 e. The van der Waals surface area contributed by atoms with Gasteiger partial charge in [-0.05, 0) is 25.2 Å². The van der Waals surface area contributed by atoms with Crippen molar-refractivity contribution in [2.24, 2.45) is 5.92 Å². The fraction of sp³-hybridized carbons (Fsp3) is 0.833. The molecule has 0 bridgehead atoms. The van der Waals surface area contributed by atoms with Crippen LogP contribution in [0.15, 0.2) is 0 Å². The van der Waals surface area contributed by atoms with E-state index in [1.807, 2.05) is 0 Å². The summed E-state index contributed by atoms with van der Waals surface area (Å²) >= 11 is 0. The van der Waals surface area contributed by atoms with Crippen LogP contribution in [-0.4, -0.2) is 66.0 Å². The van der Waals surface area contributed by atoms with Gasteiger partial charge in [-0.3, -0.25) is 4.79 Å². The Labute approximate surface area is 118 Å². The topological polar surface area (TPSA) is 95.0 Å². The Morgan fingerprint density at radius 1 is 1.20 bits per heavy atom. The van der Waals surface area contributed by atoms with Crippen molar-refractivity contribution >= 4 is 21.9 Å². The van der Waals surface area contributed by atoms with Gasteiger partial charge in [0.25, 0.3) is 0 Å². The van der Waals surface area contributed by atoms with Crippen molar-refractivity contribution in [1.29, 1.82) is 0 Å². The molecular formula is C12H20N2O5S. The Balaban J connectivity index is 2.21. The molecular weight excluding hydrogens is 284 g/mol. The standard InChI is InChI=1S/C12H20N2O5S/c1-8-5-7-13(10(8)12(16)17)11(15)9-4-3-6-14(9)20(2,18)19/h8-10H,3-7H2,1-2H3,(H,16,17). The molecule has 0 spiro atoms. The number of carboxylic acid groups (broad SMARTS) is 1. The quantitative estimate of drug-likeness (QED) is 0.774. The van der Waals surface area contributed by atoms with Crippen LogP contribution in [0.4, 0.5) is 0 Å². The normalized spacial score (nSPS) is 31.7. The highest BCUT2D eigenvalue weighted by molar-refractivity contribution is 7.88. The molecule has 20 heavy (non-hydrogen) atoms. The predicted molar refractivity (Wildman–Crippen MR) is 71.5 cm³/mol. The molecule has 1 amide bonds. The lowest BCUT2D eigenvalue weighted by atomic mass is 10.0. The number of likely N-dealkylation sites (tertiary alicyclic amines) is 1. The molecule has 2 saturated heterocycles. The van der Waals surface area contributed by atoms with Crippen LogP contribution in [0.3, 0.4) is 0 Å². The Bertz CT molecular complexity index is 518. The maximum atomic E-state index is 12.5. The van der Waals surface area contributed by atoms with Gasteiger partial charge < -0.3 is 10.0 Å². The zero-order chi connectivity index (χ0) is 15.1. The Kier molecular flexibility index (Phi) is 4.06. The molecule has 2 rings (SSSR count). The molecule has 8 heteroatoms. The number of carbonyl (C=O) groups excluding carboxylic acids is 1. The molecule has 7 nitrogen and oxygen atoms in total. The van der Waals surface area contributed by atoms with Crippen molar-refractivity contribution in [3.8, 4) is 0 Å². The second kappa shape index (κ2) is 5.33. The van der Waals surface area contributed by atoms with E-state index in [9.17, 15) is 23.1 Å². The van der Waals surface area contributed by atoms with Crippen LogP contribution in [0.5, 0.6) is 0 Å². The number of sulfonamides is 1. The second-order valence-electron chi connectivity index (χ2n) is 5.61. The van der Waals surface area contributed by atoms with Crippen molar-refractivity contribution in [2.75, 3.05) is 19.3 Å². The summed E-state index contributed by atoms with van der Waals surface area (Å²) in [7, 11) is -3.44. The van der Waals surface area contributed by atoms with Crippen LogP contribution in [0.2, 0.25) is 0 Å². The zero-order valence-electron chi connectivity index (χ0n) is 11.7. The Morgan fingerprint density at radius 3 is 2.40 bits per heavy atom. The molecule has 0 aromatic carbocycles. The van der Waals surface area contributed by atoms with E-state index in [1.165, 1.54) is 9.21 Å². The average molecular weight is 304 g/mol. The molecule has 1 N–H and O–H groups in total. The Morgan fingerprint density at radius 2 is 1.85 bits per heavy atom. The van der Waals surface area contributed by atoms with Crippen LogP contribution in [0, 0.1) is 5.92 Å². The number of carbonyl (C=O) groups is 2. The van der Waals surface area contributed by atoms with Crippen LogP contribution < -0.4 is 0 Å². The van der Waals surface area contributed by atoms with Crippen molar-refractivity contribution < 1.29 is 23.1 Å². The molecule has 3 atom stereocenters. The highest BCUT2D eigenvalue weighted by Crippen LogP contribution is 2.29. The summed E-state index contributed by atoms with van der Waals surface area (Å²) in [4.78, 5) is 25.2. The van der Waals surface area contributed by atoms with E-state index in [1.54, 1.807) is 6.92 Å². The number of hydrogen-bond donors (Lipinski definition) is 1. The molecule has 3 unspecified atom stereocenters. The van der Waals surface area contributed by atoms with E-state index in [0.717, 1.165) is 6.26 Å². The molecule has 2 aliphatic heterocycles. The van der Waals surface area contributed by atoms with Gasteiger partial charge >= 0.3 is 5.97 Å². The monoisotopic (exact) mass is 304 g/mol. The summed E-state index contributed by atoms with van der Waals surface area (Å²) in [5.41, 5.74) is 0. The summed E-state index contributed by atoms with van der Waals surface area (Å²) in [6.45, 7) is 2.51. The number of amides is 1. The predicted octanol–water partition coefficient (Wildman–Crippen LogP) is -0.268. The van der Waals surface area contributed by atoms with Crippen molar-refractivity contribution in [3.63, 3.8) is 0 Å². The summed E-state index contributed by atoms with van der Waals surface area (Å²) in [6, 6.07) is -1.58. The number of hydrogen-bond acceptors (Lipinski definition) is 4. The van der Waals surface area contributed by atoms with Gasteiger partial charge in [0, 0.05) is 13.1 Å². The lowest BCUT2D eigenvalue weighted by molar-refractivity contribution is -0.150. The van der Waals surface area contributed by atoms with E-state index in [4.69, 9.17) is 0 Å². The molecule has 0 saturated carbocycles. The summed E-state index contributed by atoms with van der Waals surface area (Å²) in [5, 5.41) is 9.25. The van der Waals surface area contributed by atoms with E-state index >= 15 is 0 Å². The van der Waals surface area contributed by atoms with Gasteiger partial charge in [-0.15, -0.1) is 0 Å². The first kappa shape index (κ1) is 15.2. The van der Waals surface area contributed by atoms with E-state index < -0.39 is 28.1 Å². The first-order chi connectivity index (χ1) is 9.23. The number of rotatable bonds is 3. The van der Waals surface area contributed by atoms with Crippen molar-refractivity contribution in [1.82, 2.24) is 9.21 Å². The maximum Gasteiger partial charge on any atom is 0.326 e. The van der Waals surface area contributed by atoms with Gasteiger partial charge in [-0.2, -0.15) is 4.31 Å². The summed E-state index contributed by atoms with van der Waals surface area (Å²) in [6.07, 6.45) is 2.81. The lowest BCUT2D eigenvalue weighted by Crippen LogP contribution is -2.51. The van der Waals surface area contributed by atoms with Gasteiger partial charge in [0.2, 0.25) is 15.9 Å². The van der Waals surface area contributed by atoms with E-state index in [0.29, 0.717) is 32.4 Å². The highest BCUT2D eigenvalue weighted by Gasteiger charge is 2.45. The van der Waals surface area contributed by atoms with Crippen LogP contribution in [-0.2, 0) is 19.6 Å². The molecule has 0 aromatic heterocycles. The molecule has 0 radical (unpaired) electrons. The van der Waals surface area contributed by atoms with E-state index in [2.05, 4.69) is 0 Å². The first-order valence-electron chi connectivity index (χ1n) is 6.73. The van der Waals surface area contributed by atoms with Crippen LogP contribution >= 0.6 is 0 Å². The SMILES string of the molecule is CC1CCN(C(=O)C2CCCN2S(C)(=O)=O)C1C(=O)O. The molecule has 2 aliphatic rings. The molecule has 0 aliphatic carbocycles. The first-order valence-corrected chi connectivity index (χ1v) is 8.58. The second-order valence-corrected chi connectivity index (χ2v) is 7.55. The fourth-order valence-electron chi connectivity index (χ4n) is 3.15. The third-order valence-corrected chi connectivity index (χ3v) is 5.44. The number of carboxylic acids is 1. The summed E-state index contributed by atoms with van der Waals surface area (Å²) in [5.74, 6) is -1.50. The number of aliphatic carboxylic acids is 1. The van der Waals surface area contributed by atoms with Crippen LogP contribution in [0.1, 0.15) is 26.2 Å². The molecule has 2 heterocycles. The van der Waals surface area contributed by atoms with Gasteiger partial charge in [-0.1, -0.05) is 6.92 Å². The highest BCUT2D eigenvalue weighted by atomic mass is 32.2. The zero-order valence-corrected chi connectivity index (χ0v) is 12.5. The van der Waals surface area contributed by atoms with E-state index in [-0.39, 0.29) is 11.8 Å². The lowest BCUT2D eigenvalue weighted by Gasteiger charge is -2.29. The van der Waals surface area contributed by atoms with Crippen molar-refractivity contribution in [2.45, 2.75) is 38.3 Å². The van der Waals surface area contributed by atoms with Crippen molar-refractivity contribution in [3.05, 3.63) is 0 Å². The van der Waals surface area contributed by atoms with Gasteiger partial charge in [0.1, 0.15) is 12.1 Å². The third kappa shape index (κ3) is 2.67. The molecule has 114 valence electrons. The van der Waals surface area contributed by atoms with Gasteiger partial charge in [0.15, 0.2) is 0 Å². The van der Waals surface area contributed by atoms with Gasteiger partial charge in [-0.25, -0.2) is 13.2 Å². The minimum absolute atomic E-state index is 0.107. The average Bonchev–Trinajstić information content (AvgIpc) is 2.92. The van der Waals surface area contributed by atoms with Gasteiger partial charge in [0.05, 0.1) is 6.26 Å².